The Hall–Kier alpha value is -1.43. The van der Waals surface area contributed by atoms with Crippen molar-refractivity contribution in [3.05, 3.63) is 22.9 Å². The summed E-state index contributed by atoms with van der Waals surface area (Å²) < 4.78 is 5.24. The Bertz CT molecular complexity index is 381. The fourth-order valence-corrected chi connectivity index (χ4v) is 1.22. The fourth-order valence-electron chi connectivity index (χ4n) is 0.859. The topological polar surface area (TPSA) is 68.3 Å². The van der Waals surface area contributed by atoms with Crippen molar-refractivity contribution < 1.29 is 14.3 Å². The number of ether oxygens (including phenoxy) is 1. The molecule has 0 aliphatic carbocycles. The van der Waals surface area contributed by atoms with E-state index in [-0.39, 0.29) is 6.61 Å². The molecule has 5 nitrogen and oxygen atoms in total. The van der Waals surface area contributed by atoms with Gasteiger partial charge in [0.25, 0.3) is 0 Å². The lowest BCUT2D eigenvalue weighted by atomic mass is 10.4. The van der Waals surface area contributed by atoms with E-state index in [1.165, 1.54) is 6.20 Å². The van der Waals surface area contributed by atoms with Gasteiger partial charge in [0, 0.05) is 10.7 Å². The van der Waals surface area contributed by atoms with Gasteiger partial charge in [-0.25, -0.2) is 4.79 Å². The molecule has 0 bridgehead atoms. The Morgan fingerprint density at radius 3 is 2.87 bits per heavy atom. The van der Waals surface area contributed by atoms with E-state index in [1.807, 2.05) is 0 Å². The van der Waals surface area contributed by atoms with Crippen LogP contribution in [0.4, 0.5) is 5.69 Å². The molecule has 80 valence electrons. The molecule has 1 N–H and O–H groups in total. The van der Waals surface area contributed by atoms with Crippen LogP contribution in [0.1, 0.15) is 6.92 Å². The Balaban J connectivity index is 2.62. The standard InChI is InChI=1S/C9H9BrN2O3/c1-2-15-9(14)8(13)12-7-3-6(10)4-11-5-7/h3-5H,2H2,1H3,(H,12,13). The van der Waals surface area contributed by atoms with Crippen molar-refractivity contribution in [3.63, 3.8) is 0 Å². The van der Waals surface area contributed by atoms with Crippen LogP contribution in [0, 0.1) is 0 Å². The van der Waals surface area contributed by atoms with Crippen LogP contribution in [0.25, 0.3) is 0 Å². The minimum absolute atomic E-state index is 0.170. The summed E-state index contributed by atoms with van der Waals surface area (Å²) in [5, 5.41) is 2.36. The molecule has 0 atom stereocenters. The van der Waals surface area contributed by atoms with Gasteiger partial charge in [0.1, 0.15) is 0 Å². The van der Waals surface area contributed by atoms with Crippen LogP contribution in [0.3, 0.4) is 0 Å². The van der Waals surface area contributed by atoms with E-state index in [9.17, 15) is 9.59 Å². The van der Waals surface area contributed by atoms with E-state index in [1.54, 1.807) is 19.2 Å². The molecule has 0 saturated carbocycles. The van der Waals surface area contributed by atoms with Crippen molar-refractivity contribution >= 4 is 33.5 Å². The minimum Gasteiger partial charge on any atom is -0.459 e. The van der Waals surface area contributed by atoms with Gasteiger partial charge in [0.2, 0.25) is 0 Å². The quantitative estimate of drug-likeness (QED) is 0.652. The summed E-state index contributed by atoms with van der Waals surface area (Å²) in [5.74, 6) is -1.71. The van der Waals surface area contributed by atoms with Crippen molar-refractivity contribution in [2.45, 2.75) is 6.92 Å². The average Bonchev–Trinajstić information content (AvgIpc) is 2.18. The predicted molar refractivity (Wildman–Crippen MR) is 57.2 cm³/mol. The first-order valence-corrected chi connectivity index (χ1v) is 5.01. The number of hydrogen-bond donors (Lipinski definition) is 1. The molecule has 1 heterocycles. The van der Waals surface area contributed by atoms with Crippen molar-refractivity contribution in [1.82, 2.24) is 4.98 Å². The van der Waals surface area contributed by atoms with Gasteiger partial charge in [-0.1, -0.05) is 0 Å². The molecular weight excluding hydrogens is 264 g/mol. The van der Waals surface area contributed by atoms with Crippen molar-refractivity contribution in [2.75, 3.05) is 11.9 Å². The van der Waals surface area contributed by atoms with Crippen LogP contribution >= 0.6 is 15.9 Å². The molecule has 0 fully saturated rings. The second-order valence-corrected chi connectivity index (χ2v) is 3.48. The molecule has 0 aromatic carbocycles. The monoisotopic (exact) mass is 272 g/mol. The zero-order valence-electron chi connectivity index (χ0n) is 7.99. The van der Waals surface area contributed by atoms with Gasteiger partial charge in [0.15, 0.2) is 0 Å². The van der Waals surface area contributed by atoms with Crippen LogP contribution in [0.5, 0.6) is 0 Å². The molecule has 1 aromatic heterocycles. The number of nitrogens with zero attached hydrogens (tertiary/aromatic N) is 1. The van der Waals surface area contributed by atoms with Gasteiger partial charge in [-0.15, -0.1) is 0 Å². The molecule has 1 amide bonds. The summed E-state index contributed by atoms with van der Waals surface area (Å²) in [6.45, 7) is 1.80. The van der Waals surface area contributed by atoms with Crippen LogP contribution in [0.2, 0.25) is 0 Å². The summed E-state index contributed by atoms with van der Waals surface area (Å²) in [4.78, 5) is 26.0. The first-order chi connectivity index (χ1) is 7.13. The third-order valence-electron chi connectivity index (χ3n) is 1.42. The molecule has 0 saturated heterocycles. The zero-order chi connectivity index (χ0) is 11.3. The number of anilines is 1. The van der Waals surface area contributed by atoms with Crippen LogP contribution in [-0.4, -0.2) is 23.5 Å². The number of carbonyl (C=O) groups excluding carboxylic acids is 2. The molecule has 0 aliphatic heterocycles. The van der Waals surface area contributed by atoms with Crippen molar-refractivity contribution in [2.24, 2.45) is 0 Å². The Labute approximate surface area is 95.0 Å². The average molecular weight is 273 g/mol. The summed E-state index contributed by atoms with van der Waals surface area (Å²) >= 11 is 3.19. The van der Waals surface area contributed by atoms with Gasteiger partial charge in [-0.2, -0.15) is 0 Å². The van der Waals surface area contributed by atoms with Gasteiger partial charge >= 0.3 is 11.9 Å². The van der Waals surface area contributed by atoms with Gasteiger partial charge in [-0.3, -0.25) is 9.78 Å². The summed E-state index contributed by atoms with van der Waals surface area (Å²) in [6.07, 6.45) is 3.00. The molecule has 6 heteroatoms. The van der Waals surface area contributed by atoms with Crippen LogP contribution < -0.4 is 5.32 Å². The van der Waals surface area contributed by atoms with Crippen molar-refractivity contribution in [3.8, 4) is 0 Å². The lowest BCUT2D eigenvalue weighted by Gasteiger charge is -2.03. The number of pyridine rings is 1. The van der Waals surface area contributed by atoms with E-state index >= 15 is 0 Å². The van der Waals surface area contributed by atoms with E-state index < -0.39 is 11.9 Å². The molecule has 0 radical (unpaired) electrons. The maximum atomic E-state index is 11.2. The molecule has 0 unspecified atom stereocenters. The largest absolute Gasteiger partial charge is 0.459 e. The van der Waals surface area contributed by atoms with E-state index in [4.69, 9.17) is 0 Å². The first-order valence-electron chi connectivity index (χ1n) is 4.22. The fraction of sp³-hybridized carbons (Fsp3) is 0.222. The number of hydrogen-bond acceptors (Lipinski definition) is 4. The maximum absolute atomic E-state index is 11.2. The number of halogens is 1. The number of esters is 1. The summed E-state index contributed by atoms with van der Waals surface area (Å²) in [7, 11) is 0. The number of aromatic nitrogens is 1. The molecule has 1 aromatic rings. The normalized spacial score (nSPS) is 9.47. The Morgan fingerprint density at radius 2 is 2.27 bits per heavy atom. The van der Waals surface area contributed by atoms with E-state index in [2.05, 4.69) is 31.0 Å². The Morgan fingerprint density at radius 1 is 1.53 bits per heavy atom. The number of rotatable bonds is 2. The highest BCUT2D eigenvalue weighted by atomic mass is 79.9. The molecule has 0 spiro atoms. The van der Waals surface area contributed by atoms with E-state index in [0.29, 0.717) is 10.2 Å². The first kappa shape index (κ1) is 11.6. The molecular formula is C9H9BrN2O3. The summed E-state index contributed by atoms with van der Waals surface area (Å²) in [5.41, 5.74) is 0.433. The second kappa shape index (κ2) is 5.45. The van der Waals surface area contributed by atoms with Gasteiger partial charge < -0.3 is 10.1 Å². The maximum Gasteiger partial charge on any atom is 0.397 e. The third kappa shape index (κ3) is 3.67. The van der Waals surface area contributed by atoms with Crippen molar-refractivity contribution in [1.29, 1.82) is 0 Å². The highest BCUT2D eigenvalue weighted by Gasteiger charge is 2.14. The zero-order valence-corrected chi connectivity index (χ0v) is 9.58. The molecule has 15 heavy (non-hydrogen) atoms. The number of carbonyl (C=O) groups is 2. The molecule has 1 rings (SSSR count). The third-order valence-corrected chi connectivity index (χ3v) is 1.86. The predicted octanol–water partition coefficient (Wildman–Crippen LogP) is 1.35. The minimum atomic E-state index is -0.905. The number of nitrogens with one attached hydrogen (secondary N) is 1. The van der Waals surface area contributed by atoms with Gasteiger partial charge in [0.05, 0.1) is 18.5 Å². The lowest BCUT2D eigenvalue weighted by Crippen LogP contribution is -2.25. The highest BCUT2D eigenvalue weighted by molar-refractivity contribution is 9.10. The van der Waals surface area contributed by atoms with Crippen LogP contribution in [0.15, 0.2) is 22.9 Å². The Kier molecular flexibility index (Phi) is 4.23. The highest BCUT2D eigenvalue weighted by Crippen LogP contribution is 2.13. The SMILES string of the molecule is CCOC(=O)C(=O)Nc1cncc(Br)c1. The smallest absolute Gasteiger partial charge is 0.397 e. The van der Waals surface area contributed by atoms with Gasteiger partial charge in [-0.05, 0) is 28.9 Å². The van der Waals surface area contributed by atoms with Crippen LogP contribution in [-0.2, 0) is 14.3 Å². The lowest BCUT2D eigenvalue weighted by molar-refractivity contribution is -0.152. The molecule has 0 aliphatic rings. The van der Waals surface area contributed by atoms with E-state index in [0.717, 1.165) is 0 Å². The number of amides is 1. The summed E-state index contributed by atoms with van der Waals surface area (Å²) in [6, 6.07) is 1.63. The second-order valence-electron chi connectivity index (χ2n) is 2.57.